The first kappa shape index (κ1) is 12.7. The molecule has 0 saturated carbocycles. The van der Waals surface area contributed by atoms with E-state index >= 15 is 0 Å². The first-order chi connectivity index (χ1) is 7.67. The van der Waals surface area contributed by atoms with E-state index in [2.05, 4.69) is 16.9 Å². The van der Waals surface area contributed by atoms with E-state index in [1.54, 1.807) is 17.4 Å². The Kier molecular flexibility index (Phi) is 4.95. The zero-order chi connectivity index (χ0) is 12.0. The summed E-state index contributed by atoms with van der Waals surface area (Å²) >= 11 is 1.64. The van der Waals surface area contributed by atoms with Gasteiger partial charge in [-0.05, 0) is 26.1 Å². The van der Waals surface area contributed by atoms with Gasteiger partial charge in [0, 0.05) is 23.2 Å². The van der Waals surface area contributed by atoms with Crippen molar-refractivity contribution in [3.63, 3.8) is 0 Å². The third kappa shape index (κ3) is 3.64. The SMILES string of the molecule is C=C(O)/C=C\C(=C/C)c1ncc(CNC)s1. The van der Waals surface area contributed by atoms with Gasteiger partial charge in [-0.1, -0.05) is 12.7 Å². The molecule has 3 nitrogen and oxygen atoms in total. The third-order valence-corrected chi connectivity index (χ3v) is 2.96. The van der Waals surface area contributed by atoms with Crippen LogP contribution < -0.4 is 5.32 Å². The van der Waals surface area contributed by atoms with E-state index in [-0.39, 0.29) is 5.76 Å². The molecule has 1 aromatic heterocycles. The highest BCUT2D eigenvalue weighted by Gasteiger charge is 2.03. The van der Waals surface area contributed by atoms with Crippen LogP contribution in [0.4, 0.5) is 0 Å². The average Bonchev–Trinajstić information content (AvgIpc) is 2.68. The number of allylic oxidation sites excluding steroid dienone is 4. The molecule has 0 unspecified atom stereocenters. The van der Waals surface area contributed by atoms with Gasteiger partial charge in [0.2, 0.25) is 0 Å². The highest BCUT2D eigenvalue weighted by molar-refractivity contribution is 7.12. The van der Waals surface area contributed by atoms with Gasteiger partial charge in [-0.15, -0.1) is 11.3 Å². The molecule has 1 aromatic rings. The monoisotopic (exact) mass is 236 g/mol. The fourth-order valence-corrected chi connectivity index (χ4v) is 2.15. The number of aromatic nitrogens is 1. The van der Waals surface area contributed by atoms with Crippen molar-refractivity contribution in [3.05, 3.63) is 46.6 Å². The molecular weight excluding hydrogens is 220 g/mol. The lowest BCUT2D eigenvalue weighted by atomic mass is 10.2. The van der Waals surface area contributed by atoms with E-state index in [1.807, 2.05) is 32.3 Å². The molecule has 0 bridgehead atoms. The van der Waals surface area contributed by atoms with Crippen LogP contribution in [-0.2, 0) is 6.54 Å². The number of hydrogen-bond donors (Lipinski definition) is 2. The van der Waals surface area contributed by atoms with Crippen LogP contribution in [0.15, 0.2) is 36.8 Å². The molecule has 0 spiro atoms. The van der Waals surface area contributed by atoms with Crippen LogP contribution >= 0.6 is 11.3 Å². The fraction of sp³-hybridized carbons (Fsp3) is 0.250. The van der Waals surface area contributed by atoms with E-state index in [1.165, 1.54) is 4.88 Å². The lowest BCUT2D eigenvalue weighted by Gasteiger charge is -1.95. The maximum absolute atomic E-state index is 9.00. The van der Waals surface area contributed by atoms with Crippen molar-refractivity contribution in [1.82, 2.24) is 10.3 Å². The van der Waals surface area contributed by atoms with Crippen molar-refractivity contribution in [1.29, 1.82) is 0 Å². The number of thiazole rings is 1. The second kappa shape index (κ2) is 6.25. The highest BCUT2D eigenvalue weighted by Crippen LogP contribution is 2.22. The number of rotatable bonds is 5. The van der Waals surface area contributed by atoms with Gasteiger partial charge in [0.05, 0.1) is 0 Å². The maximum atomic E-state index is 9.00. The molecule has 16 heavy (non-hydrogen) atoms. The topological polar surface area (TPSA) is 45.2 Å². The summed E-state index contributed by atoms with van der Waals surface area (Å²) in [5.74, 6) is 0.0476. The smallest absolute Gasteiger partial charge is 0.123 e. The molecule has 0 aliphatic heterocycles. The van der Waals surface area contributed by atoms with E-state index < -0.39 is 0 Å². The Bertz CT molecular complexity index is 418. The molecule has 0 atom stereocenters. The second-order valence-electron chi connectivity index (χ2n) is 3.23. The molecule has 0 aromatic carbocycles. The van der Waals surface area contributed by atoms with Gasteiger partial charge in [0.1, 0.15) is 10.8 Å². The zero-order valence-electron chi connectivity index (χ0n) is 9.53. The molecule has 0 radical (unpaired) electrons. The van der Waals surface area contributed by atoms with Gasteiger partial charge in [-0.3, -0.25) is 0 Å². The fourth-order valence-electron chi connectivity index (χ4n) is 1.17. The Morgan fingerprint density at radius 2 is 2.38 bits per heavy atom. The van der Waals surface area contributed by atoms with E-state index in [0.29, 0.717) is 0 Å². The summed E-state index contributed by atoms with van der Waals surface area (Å²) in [5.41, 5.74) is 0.988. The van der Waals surface area contributed by atoms with E-state index in [0.717, 1.165) is 17.1 Å². The second-order valence-corrected chi connectivity index (χ2v) is 4.35. The summed E-state index contributed by atoms with van der Waals surface area (Å²) in [4.78, 5) is 5.52. The summed E-state index contributed by atoms with van der Waals surface area (Å²) in [7, 11) is 1.91. The first-order valence-corrected chi connectivity index (χ1v) is 5.81. The molecule has 0 saturated heterocycles. The van der Waals surface area contributed by atoms with Crippen LogP contribution in [0, 0.1) is 0 Å². The quantitative estimate of drug-likeness (QED) is 0.610. The van der Waals surface area contributed by atoms with Crippen LogP contribution in [0.1, 0.15) is 16.8 Å². The summed E-state index contributed by atoms with van der Waals surface area (Å²) in [5, 5.41) is 13.0. The van der Waals surface area contributed by atoms with Gasteiger partial charge in [0.25, 0.3) is 0 Å². The van der Waals surface area contributed by atoms with Crippen LogP contribution in [0.25, 0.3) is 5.57 Å². The molecule has 0 aliphatic rings. The Balaban J connectivity index is 2.84. The number of hydrogen-bond acceptors (Lipinski definition) is 4. The largest absolute Gasteiger partial charge is 0.509 e. The number of nitrogens with one attached hydrogen (secondary N) is 1. The van der Waals surface area contributed by atoms with Crippen molar-refractivity contribution >= 4 is 16.9 Å². The normalized spacial score (nSPS) is 12.2. The van der Waals surface area contributed by atoms with Crippen molar-refractivity contribution in [2.45, 2.75) is 13.5 Å². The van der Waals surface area contributed by atoms with Crippen molar-refractivity contribution in [2.75, 3.05) is 7.05 Å². The van der Waals surface area contributed by atoms with Gasteiger partial charge in [-0.2, -0.15) is 0 Å². The Morgan fingerprint density at radius 1 is 1.62 bits per heavy atom. The van der Waals surface area contributed by atoms with Gasteiger partial charge >= 0.3 is 0 Å². The molecule has 4 heteroatoms. The molecular formula is C12H16N2OS. The summed E-state index contributed by atoms with van der Waals surface area (Å²) in [6.45, 7) is 6.17. The standard InChI is InChI=1S/C12H16N2OS/c1-4-10(6-5-9(2)15)12-14-8-11(16-12)7-13-3/h4-6,8,13,15H,2,7H2,1,3H3/b6-5-,10-4+. The Morgan fingerprint density at radius 3 is 2.94 bits per heavy atom. The first-order valence-electron chi connectivity index (χ1n) is 4.99. The number of aliphatic hydroxyl groups excluding tert-OH is 1. The molecule has 0 aliphatic carbocycles. The molecule has 0 amide bonds. The minimum atomic E-state index is 0.0476. The number of nitrogens with zero attached hydrogens (tertiary/aromatic N) is 1. The Hall–Kier alpha value is -1.39. The van der Waals surface area contributed by atoms with E-state index in [4.69, 9.17) is 5.11 Å². The summed E-state index contributed by atoms with van der Waals surface area (Å²) in [6, 6.07) is 0. The third-order valence-electron chi connectivity index (χ3n) is 1.92. The predicted molar refractivity (Wildman–Crippen MR) is 69.4 cm³/mol. The van der Waals surface area contributed by atoms with Crippen molar-refractivity contribution in [2.24, 2.45) is 0 Å². The molecule has 2 N–H and O–H groups in total. The van der Waals surface area contributed by atoms with Crippen LogP contribution in [0.2, 0.25) is 0 Å². The lowest BCUT2D eigenvalue weighted by molar-refractivity contribution is 0.435. The summed E-state index contributed by atoms with van der Waals surface area (Å²) < 4.78 is 0. The molecule has 1 rings (SSSR count). The Labute approximate surface area is 99.9 Å². The van der Waals surface area contributed by atoms with Gasteiger partial charge < -0.3 is 10.4 Å². The van der Waals surface area contributed by atoms with Crippen molar-refractivity contribution in [3.8, 4) is 0 Å². The highest BCUT2D eigenvalue weighted by atomic mass is 32.1. The predicted octanol–water partition coefficient (Wildman–Crippen LogP) is 2.89. The van der Waals surface area contributed by atoms with Crippen LogP contribution in [0.3, 0.4) is 0 Å². The van der Waals surface area contributed by atoms with Crippen LogP contribution in [0.5, 0.6) is 0 Å². The van der Waals surface area contributed by atoms with E-state index in [9.17, 15) is 0 Å². The van der Waals surface area contributed by atoms with Gasteiger partial charge in [0.15, 0.2) is 0 Å². The van der Waals surface area contributed by atoms with Crippen LogP contribution in [-0.4, -0.2) is 17.1 Å². The summed E-state index contributed by atoms with van der Waals surface area (Å²) in [6.07, 6.45) is 7.20. The van der Waals surface area contributed by atoms with Crippen molar-refractivity contribution < 1.29 is 5.11 Å². The minimum absolute atomic E-state index is 0.0476. The molecule has 1 heterocycles. The maximum Gasteiger partial charge on any atom is 0.123 e. The van der Waals surface area contributed by atoms with Gasteiger partial charge in [-0.25, -0.2) is 4.98 Å². The average molecular weight is 236 g/mol. The minimum Gasteiger partial charge on any atom is -0.509 e. The zero-order valence-corrected chi connectivity index (χ0v) is 10.3. The molecule has 0 fully saturated rings. The lowest BCUT2D eigenvalue weighted by Crippen LogP contribution is -2.02. The number of aliphatic hydroxyl groups is 1. The molecule has 86 valence electrons.